The number of hydrogen-bond acceptors (Lipinski definition) is 4. The zero-order chi connectivity index (χ0) is 16.3. The Morgan fingerprint density at radius 2 is 1.68 bits per heavy atom. The molecular formula is C16H16ClNO4. The van der Waals surface area contributed by atoms with Crippen LogP contribution in [0.3, 0.4) is 0 Å². The maximum Gasteiger partial charge on any atom is 0.256 e. The lowest BCUT2D eigenvalue weighted by Crippen LogP contribution is -2.12. The molecule has 0 saturated heterocycles. The molecule has 0 fully saturated rings. The molecule has 0 aliphatic carbocycles. The molecule has 2 aromatic rings. The van der Waals surface area contributed by atoms with Gasteiger partial charge in [0.05, 0.1) is 19.9 Å². The molecule has 6 heteroatoms. The second kappa shape index (κ2) is 6.58. The minimum Gasteiger partial charge on any atom is -0.505 e. The minimum absolute atomic E-state index is 0.0207. The predicted molar refractivity (Wildman–Crippen MR) is 85.4 cm³/mol. The minimum atomic E-state index is -0.408. The lowest BCUT2D eigenvalue weighted by Gasteiger charge is -2.11. The second-order valence-electron chi connectivity index (χ2n) is 4.67. The Morgan fingerprint density at radius 3 is 2.23 bits per heavy atom. The molecule has 116 valence electrons. The van der Waals surface area contributed by atoms with Crippen molar-refractivity contribution >= 4 is 23.2 Å². The molecule has 0 heterocycles. The maximum absolute atomic E-state index is 12.3. The van der Waals surface area contributed by atoms with E-state index in [1.807, 2.05) is 0 Å². The van der Waals surface area contributed by atoms with Crippen molar-refractivity contribution in [1.29, 1.82) is 0 Å². The summed E-state index contributed by atoms with van der Waals surface area (Å²) in [7, 11) is 3.01. The summed E-state index contributed by atoms with van der Waals surface area (Å²) in [4.78, 5) is 12.3. The lowest BCUT2D eigenvalue weighted by molar-refractivity contribution is 0.102. The zero-order valence-electron chi connectivity index (χ0n) is 12.4. The van der Waals surface area contributed by atoms with E-state index in [1.165, 1.54) is 20.3 Å². The quantitative estimate of drug-likeness (QED) is 0.844. The largest absolute Gasteiger partial charge is 0.505 e. The number of halogens is 1. The molecule has 0 bridgehead atoms. The second-order valence-corrected chi connectivity index (χ2v) is 5.11. The normalized spacial score (nSPS) is 10.2. The van der Waals surface area contributed by atoms with E-state index in [-0.39, 0.29) is 11.4 Å². The van der Waals surface area contributed by atoms with Crippen LogP contribution in [0.1, 0.15) is 15.9 Å². The molecule has 0 radical (unpaired) electrons. The van der Waals surface area contributed by atoms with Crippen LogP contribution in [0.15, 0.2) is 30.3 Å². The average Bonchev–Trinajstić information content (AvgIpc) is 2.51. The monoisotopic (exact) mass is 321 g/mol. The third kappa shape index (κ3) is 3.43. The van der Waals surface area contributed by atoms with Crippen molar-refractivity contribution in [2.24, 2.45) is 0 Å². The van der Waals surface area contributed by atoms with Crippen molar-refractivity contribution < 1.29 is 19.4 Å². The van der Waals surface area contributed by atoms with E-state index in [0.29, 0.717) is 27.6 Å². The number of benzene rings is 2. The Morgan fingerprint density at radius 1 is 1.09 bits per heavy atom. The van der Waals surface area contributed by atoms with Crippen molar-refractivity contribution in [1.82, 2.24) is 0 Å². The van der Waals surface area contributed by atoms with E-state index in [2.05, 4.69) is 5.32 Å². The fourth-order valence-electron chi connectivity index (χ4n) is 1.96. The molecule has 0 atom stereocenters. The van der Waals surface area contributed by atoms with Crippen molar-refractivity contribution in [3.63, 3.8) is 0 Å². The number of phenols is 1. The number of carbonyl (C=O) groups excluding carboxylic acids is 1. The lowest BCUT2D eigenvalue weighted by atomic mass is 10.1. The van der Waals surface area contributed by atoms with Crippen LogP contribution in [0.25, 0.3) is 0 Å². The molecule has 2 N–H and O–H groups in total. The highest BCUT2D eigenvalue weighted by atomic mass is 35.5. The highest BCUT2D eigenvalue weighted by Crippen LogP contribution is 2.31. The summed E-state index contributed by atoms with van der Waals surface area (Å²) in [6.07, 6.45) is 0. The number of anilines is 1. The van der Waals surface area contributed by atoms with Gasteiger partial charge in [0.1, 0.15) is 17.2 Å². The molecule has 0 spiro atoms. The fourth-order valence-corrected chi connectivity index (χ4v) is 2.24. The standard InChI is InChI=1S/C16H16ClNO4/c1-9-4-11(17)7-14(15(9)19)18-16(20)10-5-12(21-2)8-13(6-10)22-3/h4-8,19H,1-3H3,(H,18,20). The molecule has 22 heavy (non-hydrogen) atoms. The van der Waals surface area contributed by atoms with Gasteiger partial charge in [-0.2, -0.15) is 0 Å². The van der Waals surface area contributed by atoms with Gasteiger partial charge < -0.3 is 19.9 Å². The van der Waals surface area contributed by atoms with Gasteiger partial charge in [-0.15, -0.1) is 0 Å². The number of aryl methyl sites for hydroxylation is 1. The number of amides is 1. The van der Waals surface area contributed by atoms with E-state index in [4.69, 9.17) is 21.1 Å². The predicted octanol–water partition coefficient (Wildman–Crippen LogP) is 3.62. The smallest absolute Gasteiger partial charge is 0.256 e. The highest BCUT2D eigenvalue weighted by Gasteiger charge is 2.13. The Labute approximate surface area is 133 Å². The molecule has 0 aliphatic heterocycles. The number of hydrogen-bond donors (Lipinski definition) is 2. The van der Waals surface area contributed by atoms with E-state index in [9.17, 15) is 9.90 Å². The first-order valence-corrected chi connectivity index (χ1v) is 6.86. The molecule has 2 rings (SSSR count). The number of rotatable bonds is 4. The third-order valence-electron chi connectivity index (χ3n) is 3.13. The van der Waals surface area contributed by atoms with E-state index < -0.39 is 5.91 Å². The Balaban J connectivity index is 2.33. The highest BCUT2D eigenvalue weighted by molar-refractivity contribution is 6.31. The van der Waals surface area contributed by atoms with Crippen molar-refractivity contribution in [2.75, 3.05) is 19.5 Å². The number of aromatic hydroxyl groups is 1. The number of carbonyl (C=O) groups is 1. The Kier molecular flexibility index (Phi) is 4.78. The first-order valence-electron chi connectivity index (χ1n) is 6.48. The van der Waals surface area contributed by atoms with Gasteiger partial charge in [-0.1, -0.05) is 11.6 Å². The van der Waals surface area contributed by atoms with Gasteiger partial charge in [-0.3, -0.25) is 4.79 Å². The van der Waals surface area contributed by atoms with Gasteiger partial charge in [0.25, 0.3) is 5.91 Å². The molecule has 2 aromatic carbocycles. The SMILES string of the molecule is COc1cc(OC)cc(C(=O)Nc2cc(Cl)cc(C)c2O)c1. The fraction of sp³-hybridized carbons (Fsp3) is 0.188. The number of phenolic OH excluding ortho intramolecular Hbond substituents is 1. The topological polar surface area (TPSA) is 67.8 Å². The van der Waals surface area contributed by atoms with Crippen LogP contribution in [0.4, 0.5) is 5.69 Å². The Hall–Kier alpha value is -2.40. The van der Waals surface area contributed by atoms with Gasteiger partial charge in [0.2, 0.25) is 0 Å². The summed E-state index contributed by atoms with van der Waals surface area (Å²) in [5.74, 6) is 0.564. The van der Waals surface area contributed by atoms with Crippen LogP contribution >= 0.6 is 11.6 Å². The van der Waals surface area contributed by atoms with Crippen LogP contribution in [-0.2, 0) is 0 Å². The molecule has 0 aromatic heterocycles. The molecule has 1 amide bonds. The van der Waals surface area contributed by atoms with Crippen LogP contribution in [0, 0.1) is 6.92 Å². The summed E-state index contributed by atoms with van der Waals surface area (Å²) in [6, 6.07) is 7.91. The van der Waals surface area contributed by atoms with Crippen molar-refractivity contribution in [3.8, 4) is 17.2 Å². The van der Waals surface area contributed by atoms with Crippen LogP contribution in [-0.4, -0.2) is 25.2 Å². The van der Waals surface area contributed by atoms with Gasteiger partial charge >= 0.3 is 0 Å². The first kappa shape index (κ1) is 16.0. The van der Waals surface area contributed by atoms with E-state index in [1.54, 1.807) is 31.2 Å². The summed E-state index contributed by atoms with van der Waals surface area (Å²) in [5, 5.41) is 13.0. The summed E-state index contributed by atoms with van der Waals surface area (Å²) >= 11 is 5.94. The molecule has 0 aliphatic rings. The molecule has 5 nitrogen and oxygen atoms in total. The summed E-state index contributed by atoms with van der Waals surface area (Å²) < 4.78 is 10.3. The summed E-state index contributed by atoms with van der Waals surface area (Å²) in [6.45, 7) is 1.70. The van der Waals surface area contributed by atoms with Crippen LogP contribution in [0.5, 0.6) is 17.2 Å². The third-order valence-corrected chi connectivity index (χ3v) is 3.35. The van der Waals surface area contributed by atoms with Crippen LogP contribution in [0.2, 0.25) is 5.02 Å². The molecular weight excluding hydrogens is 306 g/mol. The van der Waals surface area contributed by atoms with Gasteiger partial charge in [0.15, 0.2) is 0 Å². The van der Waals surface area contributed by atoms with Gasteiger partial charge in [-0.05, 0) is 36.8 Å². The first-order chi connectivity index (χ1) is 10.4. The average molecular weight is 322 g/mol. The van der Waals surface area contributed by atoms with E-state index >= 15 is 0 Å². The van der Waals surface area contributed by atoms with Gasteiger partial charge in [0, 0.05) is 16.7 Å². The summed E-state index contributed by atoms with van der Waals surface area (Å²) in [5.41, 5.74) is 1.16. The molecule has 0 saturated carbocycles. The van der Waals surface area contributed by atoms with Crippen molar-refractivity contribution in [2.45, 2.75) is 6.92 Å². The van der Waals surface area contributed by atoms with Crippen LogP contribution < -0.4 is 14.8 Å². The van der Waals surface area contributed by atoms with Gasteiger partial charge in [-0.25, -0.2) is 0 Å². The maximum atomic E-state index is 12.3. The number of methoxy groups -OCH3 is 2. The van der Waals surface area contributed by atoms with E-state index in [0.717, 1.165) is 0 Å². The Bertz CT molecular complexity index is 693. The van der Waals surface area contributed by atoms with Crippen molar-refractivity contribution in [3.05, 3.63) is 46.5 Å². The number of ether oxygens (including phenoxy) is 2. The number of nitrogens with one attached hydrogen (secondary N) is 1. The molecule has 0 unspecified atom stereocenters. The zero-order valence-corrected chi connectivity index (χ0v) is 13.2.